The van der Waals surface area contributed by atoms with E-state index in [2.05, 4.69) is 0 Å². The average Bonchev–Trinajstić information content (AvgIpc) is 2.82. The van der Waals surface area contributed by atoms with E-state index in [0.29, 0.717) is 44.0 Å². The van der Waals surface area contributed by atoms with Gasteiger partial charge in [-0.05, 0) is 37.1 Å². The molecule has 1 aromatic carbocycles. The highest BCUT2D eigenvalue weighted by Gasteiger charge is 2.47. The molecular formula is C24H31ClO7. The zero-order valence-corrected chi connectivity index (χ0v) is 18.9. The Bertz CT molecular complexity index is 824. The van der Waals surface area contributed by atoms with Gasteiger partial charge in [-0.15, -0.1) is 11.6 Å². The molecule has 1 aliphatic carbocycles. The minimum absolute atomic E-state index is 0.0726. The maximum Gasteiger partial charge on any atom is 0.122 e. The molecule has 3 N–H and O–H groups in total. The van der Waals surface area contributed by atoms with Gasteiger partial charge in [-0.3, -0.25) is 0 Å². The second kappa shape index (κ2) is 10.5. The summed E-state index contributed by atoms with van der Waals surface area (Å²) in [6, 6.07) is 7.90. The molecule has 2 heterocycles. The maximum absolute atomic E-state index is 10.7. The van der Waals surface area contributed by atoms with Crippen molar-refractivity contribution < 1.29 is 34.3 Å². The largest absolute Gasteiger partial charge is 0.494 e. The molecule has 176 valence electrons. The molecule has 7 atom stereocenters. The van der Waals surface area contributed by atoms with Gasteiger partial charge < -0.3 is 34.3 Å². The van der Waals surface area contributed by atoms with Crippen LogP contribution in [0.3, 0.4) is 0 Å². The van der Waals surface area contributed by atoms with Crippen LogP contribution in [0.25, 0.3) is 0 Å². The lowest BCUT2D eigenvalue weighted by Gasteiger charge is -2.42. The summed E-state index contributed by atoms with van der Waals surface area (Å²) in [5.41, 5.74) is 1.74. The molecule has 8 heteroatoms. The van der Waals surface area contributed by atoms with Gasteiger partial charge in [0.05, 0.1) is 25.2 Å². The van der Waals surface area contributed by atoms with Crippen LogP contribution in [-0.2, 0) is 20.6 Å². The summed E-state index contributed by atoms with van der Waals surface area (Å²) >= 11 is 6.71. The molecule has 7 nitrogen and oxygen atoms in total. The van der Waals surface area contributed by atoms with Gasteiger partial charge in [-0.25, -0.2) is 0 Å². The van der Waals surface area contributed by atoms with Crippen molar-refractivity contribution in [1.29, 1.82) is 0 Å². The molecule has 0 radical (unpaired) electrons. The molecule has 2 bridgehead atoms. The third-order valence-corrected chi connectivity index (χ3v) is 6.54. The molecule has 0 spiro atoms. The average molecular weight is 467 g/mol. The molecular weight excluding hydrogens is 436 g/mol. The molecule has 3 aliphatic rings. The first kappa shape index (κ1) is 23.5. The van der Waals surface area contributed by atoms with Gasteiger partial charge in [-0.1, -0.05) is 18.2 Å². The van der Waals surface area contributed by atoms with Crippen molar-refractivity contribution in [2.45, 2.75) is 55.7 Å². The van der Waals surface area contributed by atoms with Crippen molar-refractivity contribution in [3.05, 3.63) is 53.3 Å². The summed E-state index contributed by atoms with van der Waals surface area (Å²) in [7, 11) is 0. The summed E-state index contributed by atoms with van der Waals surface area (Å²) < 4.78 is 23.1. The highest BCUT2D eigenvalue weighted by atomic mass is 35.5. The molecule has 2 aliphatic heterocycles. The fraction of sp³-hybridized carbons (Fsp3) is 0.583. The Balaban J connectivity index is 1.61. The van der Waals surface area contributed by atoms with Crippen LogP contribution in [0.5, 0.6) is 5.75 Å². The van der Waals surface area contributed by atoms with Crippen LogP contribution in [0.2, 0.25) is 0 Å². The van der Waals surface area contributed by atoms with Crippen molar-refractivity contribution in [3.8, 4) is 5.75 Å². The van der Waals surface area contributed by atoms with Crippen LogP contribution < -0.4 is 4.74 Å². The fourth-order valence-electron chi connectivity index (χ4n) is 4.36. The van der Waals surface area contributed by atoms with E-state index in [0.717, 1.165) is 11.3 Å². The number of fused-ring (bicyclic) bond motifs is 4. The summed E-state index contributed by atoms with van der Waals surface area (Å²) in [5.74, 6) is 1.29. The van der Waals surface area contributed by atoms with Crippen LogP contribution in [0.1, 0.15) is 18.9 Å². The normalized spacial score (nSPS) is 35.5. The molecule has 0 amide bonds. The highest BCUT2D eigenvalue weighted by molar-refractivity contribution is 6.22. The minimum atomic E-state index is -1.36. The van der Waals surface area contributed by atoms with Crippen LogP contribution in [0.4, 0.5) is 0 Å². The van der Waals surface area contributed by atoms with E-state index in [1.807, 2.05) is 43.3 Å². The number of ether oxygens (including phenoxy) is 4. The Morgan fingerprint density at radius 2 is 1.81 bits per heavy atom. The molecule has 1 aromatic rings. The Labute approximate surface area is 193 Å². The van der Waals surface area contributed by atoms with E-state index < -0.39 is 30.5 Å². The third kappa shape index (κ3) is 5.14. The van der Waals surface area contributed by atoms with Crippen molar-refractivity contribution in [2.75, 3.05) is 26.4 Å². The Morgan fingerprint density at radius 3 is 2.56 bits per heavy atom. The number of halogens is 1. The Morgan fingerprint density at radius 1 is 1.03 bits per heavy atom. The lowest BCUT2D eigenvalue weighted by atomic mass is 9.83. The molecule has 32 heavy (non-hydrogen) atoms. The topological polar surface area (TPSA) is 97.6 Å². The molecule has 0 saturated carbocycles. The number of aliphatic hydroxyl groups is 3. The molecule has 0 aromatic heterocycles. The zero-order chi connectivity index (χ0) is 22.7. The maximum atomic E-state index is 10.7. The number of allylic oxidation sites excluding steroid dienone is 2. The Hall–Kier alpha value is -1.61. The van der Waals surface area contributed by atoms with Gasteiger partial charge in [0.1, 0.15) is 42.0 Å². The number of rotatable bonds is 4. The van der Waals surface area contributed by atoms with Crippen LogP contribution in [0, 0.1) is 5.92 Å². The van der Waals surface area contributed by atoms with Gasteiger partial charge in [0.25, 0.3) is 0 Å². The van der Waals surface area contributed by atoms with Crippen molar-refractivity contribution >= 4 is 11.6 Å². The summed E-state index contributed by atoms with van der Waals surface area (Å²) in [6.45, 7) is 3.55. The second-order valence-electron chi connectivity index (χ2n) is 8.39. The summed E-state index contributed by atoms with van der Waals surface area (Å²) in [4.78, 5) is 0. The van der Waals surface area contributed by atoms with Gasteiger partial charge in [0, 0.05) is 24.5 Å². The molecule has 4 rings (SSSR count). The number of benzene rings is 1. The number of hydrogen-bond acceptors (Lipinski definition) is 7. The van der Waals surface area contributed by atoms with Crippen molar-refractivity contribution in [1.82, 2.24) is 0 Å². The summed E-state index contributed by atoms with van der Waals surface area (Å²) in [5, 5.41) is 31.2. The molecule has 2 saturated heterocycles. The first-order chi connectivity index (χ1) is 15.5. The van der Waals surface area contributed by atoms with E-state index in [9.17, 15) is 15.3 Å². The van der Waals surface area contributed by atoms with Gasteiger partial charge in [0.15, 0.2) is 0 Å². The second-order valence-corrected chi connectivity index (χ2v) is 8.89. The summed E-state index contributed by atoms with van der Waals surface area (Å²) in [6.07, 6.45) is -0.369. The smallest absolute Gasteiger partial charge is 0.122 e. The zero-order valence-electron chi connectivity index (χ0n) is 18.1. The highest BCUT2D eigenvalue weighted by Crippen LogP contribution is 2.37. The number of aliphatic hydroxyl groups excluding tert-OH is 3. The van der Waals surface area contributed by atoms with E-state index in [-0.39, 0.29) is 17.9 Å². The van der Waals surface area contributed by atoms with Crippen LogP contribution in [0.15, 0.2) is 47.7 Å². The SMILES string of the molecule is CCOc1ccc(CC2C=C3C(=CC2Cl)OCCCOC[C@H]2O[C@@H]3[C@H](O)[C@@H](O)[C@@H]2O)cc1. The monoisotopic (exact) mass is 466 g/mol. The van der Waals surface area contributed by atoms with Gasteiger partial charge in [0.2, 0.25) is 0 Å². The van der Waals surface area contributed by atoms with Crippen LogP contribution >= 0.6 is 11.6 Å². The number of hydrogen-bond donors (Lipinski definition) is 3. The lowest BCUT2D eigenvalue weighted by molar-refractivity contribution is -0.222. The lowest BCUT2D eigenvalue weighted by Crippen LogP contribution is -2.59. The van der Waals surface area contributed by atoms with E-state index in [1.165, 1.54) is 0 Å². The quantitative estimate of drug-likeness (QED) is 0.583. The third-order valence-electron chi connectivity index (χ3n) is 6.10. The number of alkyl halides is 1. The fourth-order valence-corrected chi connectivity index (χ4v) is 4.63. The standard InChI is InChI=1S/C24H31ClO7/c1-2-30-16-6-4-14(5-7-16)10-15-11-17-19(12-18(15)25)31-9-3-8-29-13-20-21(26)22(27)23(28)24(17)32-20/h4-7,11-12,15,18,20-24,26-28H,2-3,8-10,13H2,1H3/t15?,18?,20-,21-,22+,23-,24+/m1/s1. The molecule has 2 unspecified atom stereocenters. The Kier molecular flexibility index (Phi) is 7.76. The first-order valence-electron chi connectivity index (χ1n) is 11.2. The van der Waals surface area contributed by atoms with Crippen molar-refractivity contribution in [3.63, 3.8) is 0 Å². The van der Waals surface area contributed by atoms with Gasteiger partial charge in [-0.2, -0.15) is 0 Å². The van der Waals surface area contributed by atoms with Crippen LogP contribution in [-0.4, -0.2) is 77.6 Å². The predicted octanol–water partition coefficient (Wildman–Crippen LogP) is 1.96. The van der Waals surface area contributed by atoms with E-state index in [4.69, 9.17) is 30.5 Å². The first-order valence-corrected chi connectivity index (χ1v) is 11.6. The van der Waals surface area contributed by atoms with Gasteiger partial charge >= 0.3 is 0 Å². The predicted molar refractivity (Wildman–Crippen MR) is 119 cm³/mol. The van der Waals surface area contributed by atoms with Crippen molar-refractivity contribution in [2.24, 2.45) is 5.92 Å². The minimum Gasteiger partial charge on any atom is -0.494 e. The van der Waals surface area contributed by atoms with E-state index >= 15 is 0 Å². The van der Waals surface area contributed by atoms with E-state index in [1.54, 1.807) is 0 Å². The molecule has 2 fully saturated rings.